The van der Waals surface area contributed by atoms with Crippen molar-refractivity contribution >= 4 is 47.0 Å². The number of thioether (sulfide) groups is 1. The van der Waals surface area contributed by atoms with E-state index in [4.69, 9.17) is 14.2 Å². The number of non-ortho nitro benzene ring substituents is 1. The molecule has 2 heterocycles. The van der Waals surface area contributed by atoms with Crippen molar-refractivity contribution in [2.24, 2.45) is 11.8 Å². The maximum absolute atomic E-state index is 13.8. The van der Waals surface area contributed by atoms with Gasteiger partial charge in [-0.2, -0.15) is 0 Å². The quantitative estimate of drug-likeness (QED) is 0.0176. The Kier molecular flexibility index (Phi) is 15.6. The Morgan fingerprint density at radius 3 is 2.49 bits per heavy atom. The molecule has 3 aromatic rings. The topological polar surface area (TPSA) is 180 Å². The summed E-state index contributed by atoms with van der Waals surface area (Å²) < 4.78 is 16.8. The van der Waals surface area contributed by atoms with Crippen molar-refractivity contribution in [3.63, 3.8) is 0 Å². The number of benzene rings is 3. The first kappa shape index (κ1) is 46.2. The van der Waals surface area contributed by atoms with Crippen molar-refractivity contribution in [3.05, 3.63) is 141 Å². The molecule has 0 spiro atoms. The number of ketones is 1. The number of esters is 3. The zero-order valence-corrected chi connectivity index (χ0v) is 36.5. The molecule has 3 aliphatic rings. The van der Waals surface area contributed by atoms with Crippen molar-refractivity contribution in [2.45, 2.75) is 89.9 Å². The molecule has 2 aliphatic heterocycles. The van der Waals surface area contributed by atoms with Crippen molar-refractivity contribution in [1.29, 1.82) is 0 Å². The molecular formula is C49H52N2O11S. The minimum absolute atomic E-state index is 0.0557. The standard InChI is InChI=1S/C49H52N2O11S/c1-5-6-8-13-32-25-41(53)44(39-24-31(4)18-23-38(39)30(2)3)42(26-32)61-43(54)17-12-11-14-34-29-63-47-40(27-36(52)28-60-37-15-9-7-10-16-37)46(55)50(47)45(34)49(57)62-48(56)33-19-21-35(22-20-33)51(58)59/h7,9-11,14-16,19-22,24-26,38-40,47,53H,2,5-6,8,12-13,17-18,23,27-29H2,1,3-4H3/b14-11+/t38-,39+,40+,47+/m0/s1. The summed E-state index contributed by atoms with van der Waals surface area (Å²) in [6, 6.07) is 16.9. The first-order chi connectivity index (χ1) is 30.2. The van der Waals surface area contributed by atoms with Gasteiger partial charge in [-0.25, -0.2) is 9.59 Å². The molecule has 4 atom stereocenters. The molecule has 0 bridgehead atoms. The number of phenolic OH excluding ortho intramolecular Hbond substituents is 1. The molecule has 0 aromatic heterocycles. The first-order valence-corrected chi connectivity index (χ1v) is 22.2. The molecule has 1 fully saturated rings. The van der Waals surface area contributed by atoms with Crippen molar-refractivity contribution in [1.82, 2.24) is 4.90 Å². The number of fused-ring (bicyclic) bond motifs is 1. The van der Waals surface area contributed by atoms with Crippen molar-refractivity contribution in [2.75, 3.05) is 12.4 Å². The summed E-state index contributed by atoms with van der Waals surface area (Å²) in [5.74, 6) is -3.33. The highest BCUT2D eigenvalue weighted by Gasteiger charge is 2.54. The van der Waals surface area contributed by atoms with Crippen molar-refractivity contribution < 1.29 is 48.2 Å². The lowest BCUT2D eigenvalue weighted by Crippen LogP contribution is -2.62. The molecule has 63 heavy (non-hydrogen) atoms. The average molecular weight is 877 g/mol. The Labute approximate surface area is 371 Å². The first-order valence-electron chi connectivity index (χ1n) is 21.2. The van der Waals surface area contributed by atoms with Crippen LogP contribution in [0, 0.1) is 22.0 Å². The van der Waals surface area contributed by atoms with E-state index in [-0.39, 0.29) is 71.9 Å². The average Bonchev–Trinajstić information content (AvgIpc) is 3.26. The number of nitro groups is 1. The summed E-state index contributed by atoms with van der Waals surface area (Å²) in [4.78, 5) is 78.7. The number of nitro benzene ring substituents is 1. The number of carbonyl (C=O) groups excluding carboxylic acids is 5. The number of amides is 1. The molecule has 13 nitrogen and oxygen atoms in total. The van der Waals surface area contributed by atoms with E-state index in [2.05, 4.69) is 26.5 Å². The third-order valence-corrected chi connectivity index (χ3v) is 12.8. The number of allylic oxidation sites excluding steroid dienone is 5. The lowest BCUT2D eigenvalue weighted by molar-refractivity contribution is -0.384. The van der Waals surface area contributed by atoms with Crippen LogP contribution in [0.1, 0.15) is 99.5 Å². The lowest BCUT2D eigenvalue weighted by Gasteiger charge is -2.49. The number of hydrogen-bond acceptors (Lipinski definition) is 12. The van der Waals surface area contributed by atoms with Crippen LogP contribution in [0.25, 0.3) is 0 Å². The summed E-state index contributed by atoms with van der Waals surface area (Å²) in [5.41, 5.74) is 3.40. The van der Waals surface area contributed by atoms with E-state index in [1.165, 1.54) is 22.2 Å². The zero-order chi connectivity index (χ0) is 45.2. The maximum Gasteiger partial charge on any atom is 0.363 e. The van der Waals surface area contributed by atoms with E-state index in [0.717, 1.165) is 73.9 Å². The maximum atomic E-state index is 13.8. The smallest absolute Gasteiger partial charge is 0.363 e. The number of nitrogens with zero attached hydrogens (tertiary/aromatic N) is 2. The molecule has 14 heteroatoms. The van der Waals surface area contributed by atoms with E-state index < -0.39 is 40.0 Å². The van der Waals surface area contributed by atoms with Crippen LogP contribution in [-0.4, -0.2) is 62.3 Å². The van der Waals surface area contributed by atoms with E-state index in [1.54, 1.807) is 42.5 Å². The number of rotatable bonds is 19. The Hall–Kier alpha value is -6.28. The van der Waals surface area contributed by atoms with Crippen LogP contribution in [0.3, 0.4) is 0 Å². The number of hydrogen-bond donors (Lipinski definition) is 1. The highest BCUT2D eigenvalue weighted by atomic mass is 32.2. The second-order valence-corrected chi connectivity index (χ2v) is 17.2. The van der Waals surface area contributed by atoms with E-state index in [9.17, 15) is 39.2 Å². The van der Waals surface area contributed by atoms with Gasteiger partial charge >= 0.3 is 17.9 Å². The van der Waals surface area contributed by atoms with Crippen LogP contribution in [0.5, 0.6) is 17.2 Å². The van der Waals surface area contributed by atoms with E-state index in [0.29, 0.717) is 22.6 Å². The van der Waals surface area contributed by atoms with Gasteiger partial charge in [0.25, 0.3) is 5.69 Å². The summed E-state index contributed by atoms with van der Waals surface area (Å²) in [7, 11) is 0. The number of carbonyl (C=O) groups is 5. The molecule has 1 N–H and O–H groups in total. The van der Waals surface area contributed by atoms with Crippen LogP contribution in [-0.2, 0) is 30.3 Å². The number of phenols is 1. The van der Waals surface area contributed by atoms with Gasteiger partial charge in [-0.15, -0.1) is 11.8 Å². The number of unbranched alkanes of at least 4 members (excludes halogenated alkanes) is 2. The lowest BCUT2D eigenvalue weighted by atomic mass is 9.73. The Balaban J connectivity index is 1.19. The predicted octanol–water partition coefficient (Wildman–Crippen LogP) is 9.50. The fourth-order valence-corrected chi connectivity index (χ4v) is 9.49. The molecule has 1 saturated heterocycles. The number of aromatic hydroxyl groups is 1. The fraction of sp³-hybridized carbons (Fsp3) is 0.367. The highest BCUT2D eigenvalue weighted by molar-refractivity contribution is 8.00. The monoisotopic (exact) mass is 876 g/mol. The van der Waals surface area contributed by atoms with Crippen LogP contribution >= 0.6 is 11.8 Å². The summed E-state index contributed by atoms with van der Waals surface area (Å²) in [6.07, 6.45) is 10.9. The van der Waals surface area contributed by atoms with Crippen LogP contribution < -0.4 is 9.47 Å². The minimum Gasteiger partial charge on any atom is -0.507 e. The molecule has 0 radical (unpaired) electrons. The SMILES string of the molecule is C=C(C)[C@@H]1CCC(C)=C[C@H]1c1c(O)cc(CCCCC)cc1OC(=O)CC/C=C/C1=C(C(=O)OC(=O)c2ccc([N+](=O)[O-])cc2)N2C(=O)[C@@H](CC(=O)COc3ccccc3)[C@H]2SC1. The number of Topliss-reactive ketones (excluding diaryl/α,β-unsaturated/α-hetero) is 1. The largest absolute Gasteiger partial charge is 0.507 e. The zero-order valence-electron chi connectivity index (χ0n) is 35.7. The van der Waals surface area contributed by atoms with Crippen LogP contribution in [0.2, 0.25) is 0 Å². The van der Waals surface area contributed by atoms with Gasteiger partial charge in [-0.1, -0.05) is 73.9 Å². The van der Waals surface area contributed by atoms with Gasteiger partial charge < -0.3 is 19.3 Å². The van der Waals surface area contributed by atoms with E-state index >= 15 is 0 Å². The Morgan fingerprint density at radius 2 is 1.79 bits per heavy atom. The molecule has 3 aromatic carbocycles. The summed E-state index contributed by atoms with van der Waals surface area (Å²) >= 11 is 1.34. The van der Waals surface area contributed by atoms with Gasteiger partial charge in [0.15, 0.2) is 5.78 Å². The van der Waals surface area contributed by atoms with Gasteiger partial charge in [-0.05, 0) is 99.4 Å². The molecule has 1 aliphatic carbocycles. The third-order valence-electron chi connectivity index (χ3n) is 11.4. The van der Waals surface area contributed by atoms with Gasteiger partial charge in [0.1, 0.15) is 29.6 Å². The number of β-lactam (4-membered cyclic amide) rings is 1. The van der Waals surface area contributed by atoms with Gasteiger partial charge in [0.2, 0.25) is 5.91 Å². The van der Waals surface area contributed by atoms with Crippen molar-refractivity contribution in [3.8, 4) is 17.2 Å². The van der Waals surface area contributed by atoms with Gasteiger partial charge in [0.05, 0.1) is 21.8 Å². The molecule has 0 unspecified atom stereocenters. The number of ether oxygens (including phenoxy) is 3. The van der Waals surface area contributed by atoms with Gasteiger partial charge in [-0.3, -0.25) is 29.4 Å². The molecule has 6 rings (SSSR count). The Bertz CT molecular complexity index is 2350. The molecule has 0 saturated carbocycles. The number of para-hydroxylation sites is 1. The minimum atomic E-state index is -1.11. The highest BCUT2D eigenvalue weighted by Crippen LogP contribution is 2.48. The fourth-order valence-electron chi connectivity index (χ4n) is 8.11. The van der Waals surface area contributed by atoms with Gasteiger partial charge in [0, 0.05) is 42.2 Å². The Morgan fingerprint density at radius 1 is 1.05 bits per heavy atom. The molecule has 1 amide bonds. The van der Waals surface area contributed by atoms with E-state index in [1.807, 2.05) is 19.1 Å². The normalized spacial score (nSPS) is 19.4. The third kappa shape index (κ3) is 11.4. The summed E-state index contributed by atoms with van der Waals surface area (Å²) in [5, 5.41) is 22.0. The molecule has 330 valence electrons. The number of aryl methyl sites for hydroxylation is 1. The molecular weight excluding hydrogens is 825 g/mol. The second kappa shape index (κ2) is 21.2. The second-order valence-electron chi connectivity index (χ2n) is 16.1. The summed E-state index contributed by atoms with van der Waals surface area (Å²) in [6.45, 7) is 10.1. The van der Waals surface area contributed by atoms with Crippen LogP contribution in [0.4, 0.5) is 5.69 Å². The van der Waals surface area contributed by atoms with Crippen LogP contribution in [0.15, 0.2) is 114 Å². The predicted molar refractivity (Wildman–Crippen MR) is 238 cm³/mol.